The van der Waals surface area contributed by atoms with Crippen molar-refractivity contribution in [2.24, 2.45) is 9.98 Å². The van der Waals surface area contributed by atoms with Crippen molar-refractivity contribution in [3.63, 3.8) is 0 Å². The lowest BCUT2D eigenvalue weighted by atomic mass is 10.1. The average molecular weight is 370 g/mol. The maximum Gasteiger partial charge on any atom is 0.124 e. The number of phenols is 1. The van der Waals surface area contributed by atoms with Crippen LogP contribution >= 0.6 is 0 Å². The van der Waals surface area contributed by atoms with Crippen LogP contribution in [0.25, 0.3) is 0 Å². The van der Waals surface area contributed by atoms with Gasteiger partial charge in [0.2, 0.25) is 0 Å². The highest BCUT2D eigenvalue weighted by atomic mass is 16.3. The Balaban J connectivity index is 0.00000158. The third kappa shape index (κ3) is 9.59. The molecule has 2 rings (SSSR count). The molecule has 1 N–H and O–H groups in total. The topological polar surface area (TPSA) is 48.2 Å². The third-order valence-corrected chi connectivity index (χ3v) is 3.42. The molecule has 0 aromatic heterocycles. The number of aromatic hydroxyl groups is 1. The van der Waals surface area contributed by atoms with E-state index in [0.29, 0.717) is 13.1 Å². The molecule has 0 saturated heterocycles. The van der Waals surface area contributed by atoms with Crippen LogP contribution in [-0.4, -0.2) is 44.7 Å². The van der Waals surface area contributed by atoms with E-state index in [9.17, 15) is 5.11 Å². The Morgan fingerprint density at radius 1 is 0.852 bits per heavy atom. The second-order valence-electron chi connectivity index (χ2n) is 5.62. The van der Waals surface area contributed by atoms with Gasteiger partial charge in [0.05, 0.1) is 13.1 Å². The Hall–Kier alpha value is -2.62. The average Bonchev–Trinajstić information content (AvgIpc) is 2.69. The molecule has 4 nitrogen and oxygen atoms in total. The van der Waals surface area contributed by atoms with Gasteiger partial charge in [-0.3, -0.25) is 9.98 Å². The lowest BCUT2D eigenvalue weighted by molar-refractivity contribution is 0.474. The van der Waals surface area contributed by atoms with Gasteiger partial charge in [-0.1, -0.05) is 45.9 Å². The quantitative estimate of drug-likeness (QED) is 0.550. The van der Waals surface area contributed by atoms with Gasteiger partial charge >= 0.3 is 0 Å². The number of aryl methyl sites for hydroxylation is 1. The van der Waals surface area contributed by atoms with Crippen molar-refractivity contribution in [1.29, 1.82) is 0 Å². The van der Waals surface area contributed by atoms with Gasteiger partial charge in [0.25, 0.3) is 0 Å². The van der Waals surface area contributed by atoms with E-state index in [2.05, 4.69) is 27.0 Å². The van der Waals surface area contributed by atoms with Gasteiger partial charge < -0.3 is 10.0 Å². The number of rotatable bonds is 6. The highest BCUT2D eigenvalue weighted by Crippen LogP contribution is 2.16. The molecule has 0 spiro atoms. The van der Waals surface area contributed by atoms with Crippen molar-refractivity contribution in [3.8, 4) is 5.75 Å². The molecule has 4 heteroatoms. The Bertz CT molecular complexity index is 689. The molecule has 0 heterocycles. The second kappa shape index (κ2) is 14.5. The SMILES string of the molecule is CC.CC.Cc1ccc(C=NCCN=Cc2ccc(N(C)C)cc2)c(O)c1. The summed E-state index contributed by atoms with van der Waals surface area (Å²) in [5.41, 5.74) is 4.02. The van der Waals surface area contributed by atoms with Crippen LogP contribution in [0.1, 0.15) is 44.4 Å². The molecular formula is C23H35N3O. The third-order valence-electron chi connectivity index (χ3n) is 3.42. The monoisotopic (exact) mass is 369 g/mol. The molecule has 2 aromatic rings. The summed E-state index contributed by atoms with van der Waals surface area (Å²) in [7, 11) is 4.04. The zero-order valence-electron chi connectivity index (χ0n) is 17.9. The zero-order chi connectivity index (χ0) is 20.7. The van der Waals surface area contributed by atoms with Crippen LogP contribution in [-0.2, 0) is 0 Å². The second-order valence-corrected chi connectivity index (χ2v) is 5.62. The Labute approximate surface area is 165 Å². The Kier molecular flexibility index (Phi) is 13.1. The highest BCUT2D eigenvalue weighted by Gasteiger charge is 1.97. The van der Waals surface area contributed by atoms with Crippen molar-refractivity contribution in [2.75, 3.05) is 32.1 Å². The van der Waals surface area contributed by atoms with E-state index in [1.165, 1.54) is 5.69 Å². The Morgan fingerprint density at radius 3 is 1.93 bits per heavy atom. The minimum atomic E-state index is 0.262. The summed E-state index contributed by atoms with van der Waals surface area (Å²) in [5, 5.41) is 9.78. The fourth-order valence-electron chi connectivity index (χ4n) is 2.07. The maximum atomic E-state index is 9.78. The fourth-order valence-corrected chi connectivity index (χ4v) is 2.07. The van der Waals surface area contributed by atoms with Crippen LogP contribution in [0.5, 0.6) is 5.75 Å². The van der Waals surface area contributed by atoms with Gasteiger partial charge in [0, 0.05) is 37.8 Å². The first-order valence-corrected chi connectivity index (χ1v) is 9.63. The van der Waals surface area contributed by atoms with Crippen molar-refractivity contribution < 1.29 is 5.11 Å². The summed E-state index contributed by atoms with van der Waals surface area (Å²) in [6.45, 7) is 11.2. The van der Waals surface area contributed by atoms with E-state index in [0.717, 1.165) is 16.7 Å². The molecule has 0 amide bonds. The van der Waals surface area contributed by atoms with Gasteiger partial charge in [0.15, 0.2) is 0 Å². The lowest BCUT2D eigenvalue weighted by Gasteiger charge is -2.11. The summed E-state index contributed by atoms with van der Waals surface area (Å²) in [6, 6.07) is 13.8. The van der Waals surface area contributed by atoms with Crippen molar-refractivity contribution >= 4 is 18.1 Å². The van der Waals surface area contributed by atoms with E-state index < -0.39 is 0 Å². The number of anilines is 1. The van der Waals surface area contributed by atoms with Crippen LogP contribution in [0, 0.1) is 6.92 Å². The highest BCUT2D eigenvalue weighted by molar-refractivity contribution is 5.83. The van der Waals surface area contributed by atoms with Crippen LogP contribution < -0.4 is 4.90 Å². The van der Waals surface area contributed by atoms with E-state index in [1.54, 1.807) is 12.3 Å². The molecule has 27 heavy (non-hydrogen) atoms. The van der Waals surface area contributed by atoms with Gasteiger partial charge in [-0.2, -0.15) is 0 Å². The summed E-state index contributed by atoms with van der Waals surface area (Å²) >= 11 is 0. The minimum absolute atomic E-state index is 0.262. The van der Waals surface area contributed by atoms with Crippen LogP contribution in [0.2, 0.25) is 0 Å². The molecule has 0 unspecified atom stereocenters. The molecule has 0 bridgehead atoms. The zero-order valence-corrected chi connectivity index (χ0v) is 17.9. The summed E-state index contributed by atoms with van der Waals surface area (Å²) in [4.78, 5) is 10.7. The largest absolute Gasteiger partial charge is 0.507 e. The Morgan fingerprint density at radius 2 is 1.41 bits per heavy atom. The first kappa shape index (κ1) is 24.4. The molecule has 2 aromatic carbocycles. The van der Waals surface area contributed by atoms with Crippen LogP contribution in [0.4, 0.5) is 5.69 Å². The smallest absolute Gasteiger partial charge is 0.124 e. The number of aliphatic imine (C=N–C) groups is 2. The van der Waals surface area contributed by atoms with Gasteiger partial charge in [-0.05, 0) is 42.3 Å². The van der Waals surface area contributed by atoms with Crippen molar-refractivity contribution in [1.82, 2.24) is 0 Å². The van der Waals surface area contributed by atoms with E-state index in [4.69, 9.17) is 0 Å². The van der Waals surface area contributed by atoms with Gasteiger partial charge in [-0.25, -0.2) is 0 Å². The molecule has 0 aliphatic carbocycles. The number of hydrogen-bond donors (Lipinski definition) is 1. The number of phenolic OH excluding ortho intramolecular Hbond substituents is 1. The number of benzene rings is 2. The van der Waals surface area contributed by atoms with E-state index in [1.807, 2.05) is 79.2 Å². The minimum Gasteiger partial charge on any atom is -0.507 e. The van der Waals surface area contributed by atoms with Crippen molar-refractivity contribution in [3.05, 3.63) is 59.2 Å². The number of nitrogens with zero attached hydrogens (tertiary/aromatic N) is 3. The number of hydrogen-bond acceptors (Lipinski definition) is 4. The molecule has 148 valence electrons. The molecular weight excluding hydrogens is 334 g/mol. The predicted octanol–water partition coefficient (Wildman–Crippen LogP) is 5.36. The first-order valence-electron chi connectivity index (χ1n) is 9.63. The van der Waals surface area contributed by atoms with Crippen LogP contribution in [0.3, 0.4) is 0 Å². The fraction of sp³-hybridized carbons (Fsp3) is 0.391. The lowest BCUT2D eigenvalue weighted by Crippen LogP contribution is -2.08. The molecule has 0 atom stereocenters. The molecule has 0 aliphatic rings. The van der Waals surface area contributed by atoms with Gasteiger partial charge in [0.1, 0.15) is 5.75 Å². The standard InChI is InChI=1S/C19H23N3O.2C2H6/c1-15-4-7-17(19(23)12-15)14-21-11-10-20-13-16-5-8-18(9-6-16)22(2)3;2*1-2/h4-9,12-14,23H,10-11H2,1-3H3;2*1-2H3. The van der Waals surface area contributed by atoms with E-state index >= 15 is 0 Å². The van der Waals surface area contributed by atoms with Crippen LogP contribution in [0.15, 0.2) is 52.4 Å². The summed E-state index contributed by atoms with van der Waals surface area (Å²) in [6.07, 6.45) is 3.55. The molecule has 0 saturated carbocycles. The molecule has 0 aliphatic heterocycles. The molecule has 0 fully saturated rings. The summed E-state index contributed by atoms with van der Waals surface area (Å²) in [5.74, 6) is 0.262. The maximum absolute atomic E-state index is 9.78. The van der Waals surface area contributed by atoms with Crippen molar-refractivity contribution in [2.45, 2.75) is 34.6 Å². The van der Waals surface area contributed by atoms with E-state index in [-0.39, 0.29) is 5.75 Å². The molecule has 0 radical (unpaired) electrons. The normalized spacial score (nSPS) is 10.2. The predicted molar refractivity (Wildman–Crippen MR) is 121 cm³/mol. The van der Waals surface area contributed by atoms with Gasteiger partial charge in [-0.15, -0.1) is 0 Å². The summed E-state index contributed by atoms with van der Waals surface area (Å²) < 4.78 is 0. The first-order chi connectivity index (χ1) is 13.1.